The zero-order chi connectivity index (χ0) is 10.4. The molecule has 0 radical (unpaired) electrons. The molecule has 0 aromatic heterocycles. The lowest BCUT2D eigenvalue weighted by atomic mass is 9.98. The number of nitrogens with one attached hydrogen (secondary N) is 1. The normalized spacial score (nSPS) is 19.8. The van der Waals surface area contributed by atoms with Gasteiger partial charge in [0, 0.05) is 6.54 Å². The fourth-order valence-electron chi connectivity index (χ4n) is 1.68. The first-order valence-electron chi connectivity index (χ1n) is 5.14. The van der Waals surface area contributed by atoms with E-state index in [0.717, 1.165) is 19.1 Å². The monoisotopic (exact) mass is 221 g/mol. The highest BCUT2D eigenvalue weighted by atomic mass is 32.2. The van der Waals surface area contributed by atoms with Gasteiger partial charge in [-0.15, -0.1) is 0 Å². The van der Waals surface area contributed by atoms with Crippen molar-refractivity contribution in [2.24, 2.45) is 0 Å². The molecule has 1 aliphatic rings. The summed E-state index contributed by atoms with van der Waals surface area (Å²) in [6, 6.07) is 0. The van der Waals surface area contributed by atoms with Gasteiger partial charge in [-0.2, -0.15) is 0 Å². The van der Waals surface area contributed by atoms with Crippen LogP contribution in [-0.4, -0.2) is 33.9 Å². The minimum atomic E-state index is -3.06. The van der Waals surface area contributed by atoms with E-state index in [2.05, 4.69) is 4.72 Å². The molecule has 0 aromatic carbocycles. The summed E-state index contributed by atoms with van der Waals surface area (Å²) in [6.07, 6.45) is 7.55. The van der Waals surface area contributed by atoms with Crippen LogP contribution in [0.2, 0.25) is 0 Å². The van der Waals surface area contributed by atoms with Crippen LogP contribution >= 0.6 is 0 Å². The molecule has 14 heavy (non-hydrogen) atoms. The fraction of sp³-hybridized carbons (Fsp3) is 1.00. The summed E-state index contributed by atoms with van der Waals surface area (Å²) in [4.78, 5) is 0. The molecule has 0 unspecified atom stereocenters. The minimum absolute atomic E-state index is 0.352. The van der Waals surface area contributed by atoms with Crippen molar-refractivity contribution < 1.29 is 13.2 Å². The van der Waals surface area contributed by atoms with Crippen LogP contribution in [-0.2, 0) is 14.8 Å². The molecular weight excluding hydrogens is 202 g/mol. The van der Waals surface area contributed by atoms with Crippen LogP contribution in [0.15, 0.2) is 0 Å². The van der Waals surface area contributed by atoms with Gasteiger partial charge in [-0.3, -0.25) is 0 Å². The molecule has 4 nitrogen and oxygen atoms in total. The van der Waals surface area contributed by atoms with Gasteiger partial charge in [0.1, 0.15) is 0 Å². The SMILES string of the molecule is CS(=O)(=O)NCCOC1CCCCC1. The molecule has 1 aliphatic carbocycles. The van der Waals surface area contributed by atoms with Gasteiger partial charge >= 0.3 is 0 Å². The number of hydrogen-bond acceptors (Lipinski definition) is 3. The first-order chi connectivity index (χ1) is 6.58. The maximum absolute atomic E-state index is 10.7. The topological polar surface area (TPSA) is 55.4 Å². The molecule has 1 rings (SSSR count). The lowest BCUT2D eigenvalue weighted by Crippen LogP contribution is -2.28. The standard InChI is InChI=1S/C9H19NO3S/c1-14(11,12)10-7-8-13-9-5-3-2-4-6-9/h9-10H,2-8H2,1H3. The maximum Gasteiger partial charge on any atom is 0.208 e. The second-order valence-electron chi connectivity index (χ2n) is 3.80. The average Bonchev–Trinajstić information content (AvgIpc) is 2.13. The summed E-state index contributed by atoms with van der Waals surface area (Å²) in [7, 11) is -3.06. The third-order valence-electron chi connectivity index (χ3n) is 2.37. The number of hydrogen-bond donors (Lipinski definition) is 1. The van der Waals surface area contributed by atoms with Gasteiger partial charge in [-0.25, -0.2) is 13.1 Å². The van der Waals surface area contributed by atoms with Crippen molar-refractivity contribution in [2.45, 2.75) is 38.2 Å². The predicted molar refractivity (Wildman–Crippen MR) is 55.7 cm³/mol. The highest BCUT2D eigenvalue weighted by Gasteiger charge is 2.13. The highest BCUT2D eigenvalue weighted by Crippen LogP contribution is 2.19. The van der Waals surface area contributed by atoms with Crippen molar-refractivity contribution in [3.8, 4) is 0 Å². The predicted octanol–water partition coefficient (Wildman–Crippen LogP) is 0.885. The van der Waals surface area contributed by atoms with Gasteiger partial charge in [-0.1, -0.05) is 19.3 Å². The third kappa shape index (κ3) is 5.57. The molecular formula is C9H19NO3S. The molecule has 1 N–H and O–H groups in total. The molecule has 5 heteroatoms. The Morgan fingerprint density at radius 1 is 1.29 bits per heavy atom. The number of ether oxygens (including phenoxy) is 1. The second kappa shape index (κ2) is 5.68. The molecule has 84 valence electrons. The van der Waals surface area contributed by atoms with Gasteiger partial charge < -0.3 is 4.74 Å². The van der Waals surface area contributed by atoms with E-state index in [1.54, 1.807) is 0 Å². The summed E-state index contributed by atoms with van der Waals surface area (Å²) >= 11 is 0. The Morgan fingerprint density at radius 3 is 2.50 bits per heavy atom. The summed E-state index contributed by atoms with van der Waals surface area (Å²) in [5, 5.41) is 0. The van der Waals surface area contributed by atoms with E-state index in [4.69, 9.17) is 4.74 Å². The Bertz CT molecular complexity index is 245. The molecule has 0 bridgehead atoms. The summed E-state index contributed by atoms with van der Waals surface area (Å²) < 4.78 is 29.4. The lowest BCUT2D eigenvalue weighted by Gasteiger charge is -2.21. The van der Waals surface area contributed by atoms with Gasteiger partial charge in [0.2, 0.25) is 10.0 Å². The highest BCUT2D eigenvalue weighted by molar-refractivity contribution is 7.88. The second-order valence-corrected chi connectivity index (χ2v) is 5.63. The molecule has 1 fully saturated rings. The van der Waals surface area contributed by atoms with Crippen molar-refractivity contribution in [1.29, 1.82) is 0 Å². The zero-order valence-electron chi connectivity index (χ0n) is 8.66. The Labute approximate surface area is 86.1 Å². The van der Waals surface area contributed by atoms with Crippen LogP contribution in [0, 0.1) is 0 Å². The summed E-state index contributed by atoms with van der Waals surface area (Å²) in [5.74, 6) is 0. The molecule has 0 aliphatic heterocycles. The van der Waals surface area contributed by atoms with Crippen LogP contribution < -0.4 is 4.72 Å². The Morgan fingerprint density at radius 2 is 1.93 bits per heavy atom. The van der Waals surface area contributed by atoms with E-state index in [9.17, 15) is 8.42 Å². The van der Waals surface area contributed by atoms with E-state index in [-0.39, 0.29) is 0 Å². The van der Waals surface area contributed by atoms with Crippen molar-refractivity contribution in [2.75, 3.05) is 19.4 Å². The molecule has 0 aromatic rings. The van der Waals surface area contributed by atoms with Crippen LogP contribution in [0.25, 0.3) is 0 Å². The Hall–Kier alpha value is -0.130. The van der Waals surface area contributed by atoms with Crippen molar-refractivity contribution in [3.63, 3.8) is 0 Å². The number of rotatable bonds is 5. The van der Waals surface area contributed by atoms with E-state index < -0.39 is 10.0 Å². The van der Waals surface area contributed by atoms with E-state index in [1.807, 2.05) is 0 Å². The molecule has 0 heterocycles. The molecule has 0 atom stereocenters. The third-order valence-corrected chi connectivity index (χ3v) is 3.10. The molecule has 0 saturated heterocycles. The Kier molecular flexibility index (Phi) is 4.84. The smallest absolute Gasteiger partial charge is 0.208 e. The van der Waals surface area contributed by atoms with Gasteiger partial charge in [0.25, 0.3) is 0 Å². The number of sulfonamides is 1. The fourth-order valence-corrected chi connectivity index (χ4v) is 2.14. The van der Waals surface area contributed by atoms with Crippen LogP contribution in [0.3, 0.4) is 0 Å². The quantitative estimate of drug-likeness (QED) is 0.701. The van der Waals surface area contributed by atoms with Gasteiger partial charge in [0.05, 0.1) is 19.0 Å². The lowest BCUT2D eigenvalue weighted by molar-refractivity contribution is 0.0321. The van der Waals surface area contributed by atoms with Crippen molar-refractivity contribution >= 4 is 10.0 Å². The van der Waals surface area contributed by atoms with Crippen molar-refractivity contribution in [1.82, 2.24) is 4.72 Å². The molecule has 0 spiro atoms. The summed E-state index contributed by atoms with van der Waals surface area (Å²) in [6.45, 7) is 0.868. The van der Waals surface area contributed by atoms with Gasteiger partial charge in [-0.05, 0) is 12.8 Å². The van der Waals surface area contributed by atoms with E-state index >= 15 is 0 Å². The van der Waals surface area contributed by atoms with Crippen molar-refractivity contribution in [3.05, 3.63) is 0 Å². The first-order valence-corrected chi connectivity index (χ1v) is 7.03. The Balaban J connectivity index is 2.03. The zero-order valence-corrected chi connectivity index (χ0v) is 9.48. The summed E-state index contributed by atoms with van der Waals surface area (Å²) in [5.41, 5.74) is 0. The van der Waals surface area contributed by atoms with Gasteiger partial charge in [0.15, 0.2) is 0 Å². The first kappa shape index (κ1) is 11.9. The van der Waals surface area contributed by atoms with Crippen LogP contribution in [0.1, 0.15) is 32.1 Å². The van der Waals surface area contributed by atoms with E-state index in [1.165, 1.54) is 19.3 Å². The largest absolute Gasteiger partial charge is 0.377 e. The molecule has 1 saturated carbocycles. The maximum atomic E-state index is 10.7. The average molecular weight is 221 g/mol. The van der Waals surface area contributed by atoms with E-state index in [0.29, 0.717) is 19.3 Å². The minimum Gasteiger partial charge on any atom is -0.377 e. The molecule has 0 amide bonds. The van der Waals surface area contributed by atoms with Crippen LogP contribution in [0.4, 0.5) is 0 Å². The van der Waals surface area contributed by atoms with Crippen LogP contribution in [0.5, 0.6) is 0 Å².